The molecule has 2 nitrogen and oxygen atoms in total. The van der Waals surface area contributed by atoms with E-state index in [-0.39, 0.29) is 5.41 Å². The fraction of sp³-hybridized carbons (Fsp3) is 0.231. The molecule has 0 N–H and O–H groups in total. The Hall–Kier alpha value is -1.70. The van der Waals surface area contributed by atoms with Gasteiger partial charge < -0.3 is 0 Å². The molecule has 76 valence electrons. The average Bonchev–Trinajstić information content (AvgIpc) is 2.31. The fourth-order valence-electron chi connectivity index (χ4n) is 1.64. The summed E-state index contributed by atoms with van der Waals surface area (Å²) in [4.78, 5) is 0. The summed E-state index contributed by atoms with van der Waals surface area (Å²) in [5, 5.41) is 8.10. The van der Waals surface area contributed by atoms with Crippen LogP contribution in [0.3, 0.4) is 0 Å². The van der Waals surface area contributed by atoms with Gasteiger partial charge in [0, 0.05) is 11.6 Å². The highest BCUT2D eigenvalue weighted by atomic mass is 15.1. The summed E-state index contributed by atoms with van der Waals surface area (Å²) in [6.45, 7) is 4.32. The summed E-state index contributed by atoms with van der Waals surface area (Å²) >= 11 is 0. The van der Waals surface area contributed by atoms with Crippen LogP contribution in [0.2, 0.25) is 0 Å². The van der Waals surface area contributed by atoms with Gasteiger partial charge in [-0.15, -0.1) is 0 Å². The van der Waals surface area contributed by atoms with Crippen molar-refractivity contribution in [3.05, 3.63) is 59.9 Å². The van der Waals surface area contributed by atoms with E-state index < -0.39 is 0 Å². The third kappa shape index (κ3) is 1.89. The molecular formula is C13H14N2. The Kier molecular flexibility index (Phi) is 2.50. The maximum atomic E-state index is 4.18. The van der Waals surface area contributed by atoms with Crippen LogP contribution in [0.1, 0.15) is 25.1 Å². The van der Waals surface area contributed by atoms with Crippen molar-refractivity contribution in [3.8, 4) is 0 Å². The zero-order valence-corrected chi connectivity index (χ0v) is 9.01. The quantitative estimate of drug-likeness (QED) is 0.741. The molecule has 1 aromatic carbocycles. The van der Waals surface area contributed by atoms with E-state index in [1.807, 2.05) is 30.3 Å². The van der Waals surface area contributed by atoms with Crippen LogP contribution in [0.15, 0.2) is 48.7 Å². The SMILES string of the molecule is CC(C)(c1ccccc1)c1cccnn1. The largest absolute Gasteiger partial charge is 0.159 e. The molecule has 1 aromatic heterocycles. The number of hydrogen-bond donors (Lipinski definition) is 0. The zero-order valence-electron chi connectivity index (χ0n) is 9.01. The van der Waals surface area contributed by atoms with Gasteiger partial charge in [0.25, 0.3) is 0 Å². The van der Waals surface area contributed by atoms with Gasteiger partial charge in [-0.25, -0.2) is 0 Å². The van der Waals surface area contributed by atoms with Crippen LogP contribution in [0, 0.1) is 0 Å². The molecule has 2 heteroatoms. The summed E-state index contributed by atoms with van der Waals surface area (Å²) in [6.07, 6.45) is 1.70. The highest BCUT2D eigenvalue weighted by Crippen LogP contribution is 2.28. The molecule has 0 saturated carbocycles. The van der Waals surface area contributed by atoms with E-state index in [1.165, 1.54) is 5.56 Å². The number of nitrogens with zero attached hydrogens (tertiary/aromatic N) is 2. The van der Waals surface area contributed by atoms with Crippen molar-refractivity contribution in [3.63, 3.8) is 0 Å². The second-order valence-corrected chi connectivity index (χ2v) is 4.10. The molecule has 0 atom stereocenters. The summed E-state index contributed by atoms with van der Waals surface area (Å²) in [5.41, 5.74) is 2.16. The molecule has 0 bridgehead atoms. The van der Waals surface area contributed by atoms with Gasteiger partial charge in [-0.05, 0) is 17.7 Å². The van der Waals surface area contributed by atoms with E-state index >= 15 is 0 Å². The maximum absolute atomic E-state index is 4.18. The van der Waals surface area contributed by atoms with E-state index in [0.717, 1.165) is 5.69 Å². The van der Waals surface area contributed by atoms with Crippen LogP contribution in [-0.2, 0) is 5.41 Å². The summed E-state index contributed by atoms with van der Waals surface area (Å²) in [6, 6.07) is 14.3. The van der Waals surface area contributed by atoms with Gasteiger partial charge in [0.2, 0.25) is 0 Å². The molecular weight excluding hydrogens is 184 g/mol. The Labute approximate surface area is 90.0 Å². The predicted octanol–water partition coefficient (Wildman–Crippen LogP) is 2.80. The average molecular weight is 198 g/mol. The van der Waals surface area contributed by atoms with Gasteiger partial charge >= 0.3 is 0 Å². The van der Waals surface area contributed by atoms with Crippen LogP contribution < -0.4 is 0 Å². The molecule has 0 aliphatic carbocycles. The molecule has 15 heavy (non-hydrogen) atoms. The molecule has 1 heterocycles. The van der Waals surface area contributed by atoms with E-state index in [9.17, 15) is 0 Å². The molecule has 0 aliphatic rings. The van der Waals surface area contributed by atoms with Crippen molar-refractivity contribution in [2.24, 2.45) is 0 Å². The Morgan fingerprint density at radius 1 is 0.933 bits per heavy atom. The number of rotatable bonds is 2. The van der Waals surface area contributed by atoms with Crippen molar-refractivity contribution in [1.82, 2.24) is 10.2 Å². The molecule has 2 rings (SSSR count). The van der Waals surface area contributed by atoms with Gasteiger partial charge in [0.05, 0.1) is 5.69 Å². The summed E-state index contributed by atoms with van der Waals surface area (Å²) in [5.74, 6) is 0. The van der Waals surface area contributed by atoms with Crippen molar-refractivity contribution in [2.45, 2.75) is 19.3 Å². The highest BCUT2D eigenvalue weighted by Gasteiger charge is 2.24. The van der Waals surface area contributed by atoms with Crippen molar-refractivity contribution < 1.29 is 0 Å². The first kappa shape index (κ1) is 9.84. The third-order valence-electron chi connectivity index (χ3n) is 2.71. The topological polar surface area (TPSA) is 25.8 Å². The smallest absolute Gasteiger partial charge is 0.0731 e. The second-order valence-electron chi connectivity index (χ2n) is 4.10. The second kappa shape index (κ2) is 3.81. The summed E-state index contributed by atoms with van der Waals surface area (Å²) < 4.78 is 0. The van der Waals surface area contributed by atoms with Gasteiger partial charge in [-0.1, -0.05) is 44.2 Å². The molecule has 0 fully saturated rings. The molecule has 0 saturated heterocycles. The first-order chi connectivity index (χ1) is 7.21. The van der Waals surface area contributed by atoms with E-state index in [1.54, 1.807) is 6.20 Å². The fourth-order valence-corrected chi connectivity index (χ4v) is 1.64. The minimum absolute atomic E-state index is 0.0878. The van der Waals surface area contributed by atoms with Crippen LogP contribution in [0.4, 0.5) is 0 Å². The molecule has 0 spiro atoms. The van der Waals surface area contributed by atoms with Crippen LogP contribution in [0.25, 0.3) is 0 Å². The van der Waals surface area contributed by atoms with E-state index in [4.69, 9.17) is 0 Å². The van der Waals surface area contributed by atoms with Gasteiger partial charge in [-0.2, -0.15) is 10.2 Å². The minimum Gasteiger partial charge on any atom is -0.159 e. The van der Waals surface area contributed by atoms with Crippen LogP contribution in [0.5, 0.6) is 0 Å². The van der Waals surface area contributed by atoms with Gasteiger partial charge in [0.15, 0.2) is 0 Å². The minimum atomic E-state index is -0.0878. The highest BCUT2D eigenvalue weighted by molar-refractivity contribution is 5.32. The lowest BCUT2D eigenvalue weighted by molar-refractivity contribution is 0.604. The molecule has 0 radical (unpaired) electrons. The monoisotopic (exact) mass is 198 g/mol. The Morgan fingerprint density at radius 2 is 1.67 bits per heavy atom. The van der Waals surface area contributed by atoms with Crippen molar-refractivity contribution >= 4 is 0 Å². The lowest BCUT2D eigenvalue weighted by atomic mass is 9.81. The number of benzene rings is 1. The molecule has 0 amide bonds. The predicted molar refractivity (Wildman–Crippen MR) is 60.6 cm³/mol. The number of aromatic nitrogens is 2. The molecule has 2 aromatic rings. The van der Waals surface area contributed by atoms with Crippen molar-refractivity contribution in [2.75, 3.05) is 0 Å². The first-order valence-electron chi connectivity index (χ1n) is 5.05. The van der Waals surface area contributed by atoms with E-state index in [2.05, 4.69) is 36.2 Å². The number of hydrogen-bond acceptors (Lipinski definition) is 2. The Bertz CT molecular complexity index is 379. The lowest BCUT2D eigenvalue weighted by Crippen LogP contribution is -2.20. The Morgan fingerprint density at radius 3 is 2.27 bits per heavy atom. The van der Waals surface area contributed by atoms with E-state index in [0.29, 0.717) is 0 Å². The van der Waals surface area contributed by atoms with Crippen LogP contribution in [-0.4, -0.2) is 10.2 Å². The third-order valence-corrected chi connectivity index (χ3v) is 2.71. The Balaban J connectivity index is 2.44. The molecule has 0 aliphatic heterocycles. The van der Waals surface area contributed by atoms with Crippen molar-refractivity contribution in [1.29, 1.82) is 0 Å². The van der Waals surface area contributed by atoms with Gasteiger partial charge in [-0.3, -0.25) is 0 Å². The first-order valence-corrected chi connectivity index (χ1v) is 5.05. The normalized spacial score (nSPS) is 11.3. The van der Waals surface area contributed by atoms with Crippen LogP contribution >= 0.6 is 0 Å². The maximum Gasteiger partial charge on any atom is 0.0731 e. The lowest BCUT2D eigenvalue weighted by Gasteiger charge is -2.23. The molecule has 0 unspecified atom stereocenters. The standard InChI is InChI=1S/C13H14N2/c1-13(2,11-7-4-3-5-8-11)12-9-6-10-14-15-12/h3-10H,1-2H3. The zero-order chi connectivity index (χ0) is 10.7. The summed E-state index contributed by atoms with van der Waals surface area (Å²) in [7, 11) is 0. The van der Waals surface area contributed by atoms with Gasteiger partial charge in [0.1, 0.15) is 0 Å².